The zero-order valence-electron chi connectivity index (χ0n) is 11.0. The van der Waals surface area contributed by atoms with E-state index in [0.717, 1.165) is 11.4 Å². The normalized spacial score (nSPS) is 11.0. The topological polar surface area (TPSA) is 66.0 Å². The molecule has 0 aliphatic heterocycles. The van der Waals surface area contributed by atoms with Gasteiger partial charge in [-0.1, -0.05) is 17.7 Å². The van der Waals surface area contributed by atoms with E-state index < -0.39 is 0 Å². The minimum absolute atomic E-state index is 0.246. The highest BCUT2D eigenvalue weighted by Gasteiger charge is 2.09. The average molecular weight is 281 g/mol. The minimum Gasteiger partial charge on any atom is -0.484 e. The highest BCUT2D eigenvalue weighted by Crippen LogP contribution is 2.26. The molecular formula is C13H17ClN4O. The first kappa shape index (κ1) is 13.8. The molecule has 0 saturated heterocycles. The van der Waals surface area contributed by atoms with Gasteiger partial charge in [-0.15, -0.1) is 0 Å². The molecule has 0 amide bonds. The first-order valence-electron chi connectivity index (χ1n) is 6.11. The van der Waals surface area contributed by atoms with E-state index in [4.69, 9.17) is 22.1 Å². The molecule has 5 nitrogen and oxygen atoms in total. The van der Waals surface area contributed by atoms with Gasteiger partial charge < -0.3 is 10.5 Å². The number of halogens is 1. The molecule has 6 heteroatoms. The maximum absolute atomic E-state index is 6.13. The summed E-state index contributed by atoms with van der Waals surface area (Å²) in [5.41, 5.74) is 6.53. The van der Waals surface area contributed by atoms with Crippen LogP contribution in [0.2, 0.25) is 5.02 Å². The van der Waals surface area contributed by atoms with Crippen LogP contribution in [0.1, 0.15) is 31.3 Å². The van der Waals surface area contributed by atoms with Gasteiger partial charge in [0.2, 0.25) is 0 Å². The average Bonchev–Trinajstić information content (AvgIpc) is 2.85. The van der Waals surface area contributed by atoms with E-state index in [-0.39, 0.29) is 6.04 Å². The van der Waals surface area contributed by atoms with Crippen molar-refractivity contribution < 1.29 is 4.74 Å². The third-order valence-corrected chi connectivity index (χ3v) is 3.02. The van der Waals surface area contributed by atoms with Gasteiger partial charge in [-0.2, -0.15) is 5.10 Å². The second-order valence-corrected chi connectivity index (χ2v) is 4.88. The van der Waals surface area contributed by atoms with Gasteiger partial charge in [0, 0.05) is 12.6 Å². The molecule has 1 aromatic carbocycles. The fraction of sp³-hybridized carbons (Fsp3) is 0.385. The zero-order chi connectivity index (χ0) is 13.8. The molecule has 102 valence electrons. The Bertz CT molecular complexity index is 553. The Kier molecular flexibility index (Phi) is 4.39. The third-order valence-electron chi connectivity index (χ3n) is 2.73. The molecule has 0 spiro atoms. The van der Waals surface area contributed by atoms with Crippen molar-refractivity contribution >= 4 is 11.6 Å². The van der Waals surface area contributed by atoms with E-state index in [1.54, 1.807) is 0 Å². The lowest BCUT2D eigenvalue weighted by atomic mass is 10.2. The van der Waals surface area contributed by atoms with Gasteiger partial charge in [0.25, 0.3) is 0 Å². The van der Waals surface area contributed by atoms with E-state index in [0.29, 0.717) is 23.9 Å². The van der Waals surface area contributed by atoms with Crippen LogP contribution in [0.15, 0.2) is 24.5 Å². The Morgan fingerprint density at radius 1 is 1.42 bits per heavy atom. The molecule has 2 rings (SSSR count). The van der Waals surface area contributed by atoms with Gasteiger partial charge in [0.05, 0.1) is 5.02 Å². The van der Waals surface area contributed by atoms with Crippen molar-refractivity contribution in [2.45, 2.75) is 33.0 Å². The van der Waals surface area contributed by atoms with Crippen molar-refractivity contribution in [1.29, 1.82) is 0 Å². The van der Waals surface area contributed by atoms with Gasteiger partial charge in [-0.3, -0.25) is 0 Å². The summed E-state index contributed by atoms with van der Waals surface area (Å²) in [6.07, 6.45) is 1.53. The molecule has 19 heavy (non-hydrogen) atoms. The Balaban J connectivity index is 2.08. The van der Waals surface area contributed by atoms with E-state index in [9.17, 15) is 0 Å². The van der Waals surface area contributed by atoms with Gasteiger partial charge in [0.15, 0.2) is 5.82 Å². The summed E-state index contributed by atoms with van der Waals surface area (Å²) in [6, 6.07) is 5.77. The van der Waals surface area contributed by atoms with Crippen LogP contribution >= 0.6 is 11.6 Å². The van der Waals surface area contributed by atoms with E-state index in [1.165, 1.54) is 6.33 Å². The lowest BCUT2D eigenvalue weighted by Gasteiger charge is -2.11. The molecule has 0 aliphatic rings. The molecule has 1 aromatic heterocycles. The van der Waals surface area contributed by atoms with E-state index >= 15 is 0 Å². The molecular weight excluding hydrogens is 264 g/mol. The number of aromatic nitrogens is 3. The summed E-state index contributed by atoms with van der Waals surface area (Å²) in [4.78, 5) is 4.18. The monoisotopic (exact) mass is 280 g/mol. The standard InChI is InChI=1S/C13H17ClN4O/c1-9(2)18-13(16-8-17-18)7-19-12-4-3-10(6-15)5-11(12)14/h3-5,8-9H,6-7,15H2,1-2H3. The van der Waals surface area contributed by atoms with Crippen LogP contribution < -0.4 is 10.5 Å². The summed E-state index contributed by atoms with van der Waals surface area (Å²) in [5.74, 6) is 1.39. The van der Waals surface area contributed by atoms with Crippen LogP contribution in [-0.2, 0) is 13.2 Å². The van der Waals surface area contributed by atoms with Gasteiger partial charge in [-0.05, 0) is 31.5 Å². The lowest BCUT2D eigenvalue weighted by molar-refractivity contribution is 0.282. The second kappa shape index (κ2) is 6.04. The molecule has 0 bridgehead atoms. The molecule has 1 heterocycles. The predicted molar refractivity (Wildman–Crippen MR) is 74.1 cm³/mol. The first-order chi connectivity index (χ1) is 9.11. The maximum atomic E-state index is 6.13. The van der Waals surface area contributed by atoms with Crippen LogP contribution in [0.5, 0.6) is 5.75 Å². The number of hydrogen-bond donors (Lipinski definition) is 1. The van der Waals surface area contributed by atoms with Crippen molar-refractivity contribution in [1.82, 2.24) is 14.8 Å². The SMILES string of the molecule is CC(C)n1ncnc1COc1ccc(CN)cc1Cl. The molecule has 0 atom stereocenters. The molecule has 2 aromatic rings. The van der Waals surface area contributed by atoms with Crippen LogP contribution in [0, 0.1) is 0 Å². The Hall–Kier alpha value is -1.59. The number of nitrogens with two attached hydrogens (primary N) is 1. The third kappa shape index (κ3) is 3.24. The number of hydrogen-bond acceptors (Lipinski definition) is 4. The molecule has 2 N–H and O–H groups in total. The summed E-state index contributed by atoms with van der Waals surface area (Å²) >= 11 is 6.13. The van der Waals surface area contributed by atoms with Gasteiger partial charge >= 0.3 is 0 Å². The van der Waals surface area contributed by atoms with Crippen LogP contribution in [0.3, 0.4) is 0 Å². The maximum Gasteiger partial charge on any atom is 0.165 e. The van der Waals surface area contributed by atoms with Crippen molar-refractivity contribution in [3.63, 3.8) is 0 Å². The molecule has 0 radical (unpaired) electrons. The fourth-order valence-corrected chi connectivity index (χ4v) is 2.00. The minimum atomic E-state index is 0.246. The van der Waals surface area contributed by atoms with Crippen molar-refractivity contribution in [3.8, 4) is 5.75 Å². The second-order valence-electron chi connectivity index (χ2n) is 4.47. The summed E-state index contributed by atoms with van der Waals surface area (Å²) < 4.78 is 7.50. The van der Waals surface area contributed by atoms with Gasteiger partial charge in [0.1, 0.15) is 18.7 Å². The van der Waals surface area contributed by atoms with Crippen molar-refractivity contribution in [2.75, 3.05) is 0 Å². The Morgan fingerprint density at radius 2 is 2.21 bits per heavy atom. The Labute approximate surface area is 117 Å². The van der Waals surface area contributed by atoms with E-state index in [2.05, 4.69) is 10.1 Å². The van der Waals surface area contributed by atoms with Crippen LogP contribution in [0.25, 0.3) is 0 Å². The van der Waals surface area contributed by atoms with Crippen LogP contribution in [-0.4, -0.2) is 14.8 Å². The molecule has 0 fully saturated rings. The molecule has 0 saturated carbocycles. The number of ether oxygens (including phenoxy) is 1. The summed E-state index contributed by atoms with van der Waals surface area (Å²) in [5, 5.41) is 4.71. The molecule has 0 aliphatic carbocycles. The van der Waals surface area contributed by atoms with Crippen molar-refractivity contribution in [3.05, 3.63) is 40.9 Å². The van der Waals surface area contributed by atoms with Gasteiger partial charge in [-0.25, -0.2) is 9.67 Å². The smallest absolute Gasteiger partial charge is 0.165 e. The zero-order valence-corrected chi connectivity index (χ0v) is 11.8. The number of rotatable bonds is 5. The number of nitrogens with zero attached hydrogens (tertiary/aromatic N) is 3. The quantitative estimate of drug-likeness (QED) is 0.914. The highest BCUT2D eigenvalue weighted by atomic mass is 35.5. The van der Waals surface area contributed by atoms with Crippen molar-refractivity contribution in [2.24, 2.45) is 5.73 Å². The largest absolute Gasteiger partial charge is 0.484 e. The highest BCUT2D eigenvalue weighted by molar-refractivity contribution is 6.32. The Morgan fingerprint density at radius 3 is 2.84 bits per heavy atom. The van der Waals surface area contributed by atoms with Crippen LogP contribution in [0.4, 0.5) is 0 Å². The lowest BCUT2D eigenvalue weighted by Crippen LogP contribution is -2.10. The molecule has 0 unspecified atom stereocenters. The predicted octanol–water partition coefficient (Wildman–Crippen LogP) is 2.55. The fourth-order valence-electron chi connectivity index (χ4n) is 1.74. The van der Waals surface area contributed by atoms with E-state index in [1.807, 2.05) is 36.7 Å². The summed E-state index contributed by atoms with van der Waals surface area (Å²) in [6.45, 7) is 4.88. The first-order valence-corrected chi connectivity index (χ1v) is 6.49. The number of benzene rings is 1. The summed E-state index contributed by atoms with van der Waals surface area (Å²) in [7, 11) is 0.